The van der Waals surface area contributed by atoms with E-state index in [1.54, 1.807) is 0 Å². The molecule has 0 unspecified atom stereocenters. The van der Waals surface area contributed by atoms with Crippen LogP contribution in [0.5, 0.6) is 0 Å². The van der Waals surface area contributed by atoms with Gasteiger partial charge in [-0.15, -0.1) is 0 Å². The van der Waals surface area contributed by atoms with E-state index in [4.69, 9.17) is 0 Å². The molecule has 0 heterocycles. The van der Waals surface area contributed by atoms with Crippen molar-refractivity contribution in [2.45, 2.75) is 57.8 Å². The van der Waals surface area contributed by atoms with E-state index >= 15 is 0 Å². The summed E-state index contributed by atoms with van der Waals surface area (Å²) in [7, 11) is 0. The zero-order chi connectivity index (χ0) is 35.6. The summed E-state index contributed by atoms with van der Waals surface area (Å²) in [5, 5.41) is 0. The number of nitrogens with zero attached hydrogens (tertiary/aromatic N) is 1. The van der Waals surface area contributed by atoms with Gasteiger partial charge in [-0.1, -0.05) is 163 Å². The molecule has 0 radical (unpaired) electrons. The molecule has 0 N–H and O–H groups in total. The van der Waals surface area contributed by atoms with Crippen LogP contribution in [0, 0.1) is 0 Å². The Morgan fingerprint density at radius 3 is 1.31 bits per heavy atom. The first-order valence-electron chi connectivity index (χ1n) is 18.7. The Bertz CT molecular complexity index is 2500. The lowest BCUT2D eigenvalue weighted by Gasteiger charge is -2.37. The van der Waals surface area contributed by atoms with Crippen LogP contribution in [0.2, 0.25) is 0 Å². The van der Waals surface area contributed by atoms with Gasteiger partial charge in [0.15, 0.2) is 0 Å². The van der Waals surface area contributed by atoms with Crippen LogP contribution >= 0.6 is 0 Å². The smallest absolute Gasteiger partial charge is 0.0555 e. The number of hydrogen-bond donors (Lipinski definition) is 0. The molecular weight excluding hydrogens is 627 g/mol. The number of rotatable bonds is 4. The Morgan fingerprint density at radius 2 is 0.750 bits per heavy atom. The number of fused-ring (bicyclic) bond motifs is 9. The molecule has 0 fully saturated rings. The summed E-state index contributed by atoms with van der Waals surface area (Å²) in [5.41, 5.74) is 22.0. The maximum Gasteiger partial charge on any atom is 0.0555 e. The molecule has 0 amide bonds. The van der Waals surface area contributed by atoms with Crippen molar-refractivity contribution in [2.75, 3.05) is 4.90 Å². The molecule has 0 spiro atoms. The SMILES string of the molecule is CC1(C)c2ccccc2-c2ccc(N(c3ccc(-c4ccccc4)cc3)c3c4c(cc5c3C(C)(C)c3ccccc3-5)-c3ccccc3C4(C)C)cc21. The molecule has 252 valence electrons. The lowest BCUT2D eigenvalue weighted by molar-refractivity contribution is 0.640. The van der Waals surface area contributed by atoms with E-state index in [2.05, 4.69) is 198 Å². The molecule has 7 aromatic rings. The second kappa shape index (κ2) is 10.7. The molecule has 1 nitrogen and oxygen atoms in total. The van der Waals surface area contributed by atoms with Crippen molar-refractivity contribution in [1.82, 2.24) is 0 Å². The van der Waals surface area contributed by atoms with Crippen LogP contribution in [-0.4, -0.2) is 0 Å². The fourth-order valence-electron chi connectivity index (χ4n) is 10.1. The molecule has 0 saturated carbocycles. The number of anilines is 3. The Kier molecular flexibility index (Phi) is 6.39. The normalized spacial score (nSPS) is 16.0. The first kappa shape index (κ1) is 31.1. The fourth-order valence-corrected chi connectivity index (χ4v) is 10.1. The minimum atomic E-state index is -0.213. The van der Waals surface area contributed by atoms with E-state index in [0.29, 0.717) is 0 Å². The average Bonchev–Trinajstić information content (AvgIpc) is 3.65. The van der Waals surface area contributed by atoms with Crippen LogP contribution in [0.3, 0.4) is 0 Å². The van der Waals surface area contributed by atoms with Crippen LogP contribution < -0.4 is 4.90 Å². The number of benzene rings is 7. The van der Waals surface area contributed by atoms with Gasteiger partial charge in [-0.05, 0) is 108 Å². The molecule has 0 atom stereocenters. The molecular formula is C51H43N. The summed E-state index contributed by atoms with van der Waals surface area (Å²) in [6.07, 6.45) is 0. The Hall–Kier alpha value is -5.66. The zero-order valence-electron chi connectivity index (χ0n) is 30.9. The van der Waals surface area contributed by atoms with Crippen LogP contribution in [0.4, 0.5) is 17.1 Å². The van der Waals surface area contributed by atoms with Crippen LogP contribution in [0.25, 0.3) is 44.5 Å². The summed E-state index contributed by atoms with van der Waals surface area (Å²) in [6.45, 7) is 14.5. The quantitative estimate of drug-likeness (QED) is 0.180. The van der Waals surface area contributed by atoms with Gasteiger partial charge in [-0.25, -0.2) is 0 Å². The standard InChI is InChI=1S/C51H43N/c1-49(2)42-21-13-10-18-36(42)39-29-28-35(30-45(39)49)52(34-26-24-33(25-27-34)32-16-8-7-9-17-32)48-46-40(37-19-11-14-22-43(37)50(46,3)4)31-41-38-20-12-15-23-44(38)51(5,6)47(41)48/h7-31H,1-6H3. The van der Waals surface area contributed by atoms with E-state index in [-0.39, 0.29) is 16.2 Å². The van der Waals surface area contributed by atoms with Gasteiger partial charge in [-0.3, -0.25) is 0 Å². The maximum atomic E-state index is 2.62. The first-order chi connectivity index (χ1) is 25.1. The predicted molar refractivity (Wildman–Crippen MR) is 219 cm³/mol. The van der Waals surface area contributed by atoms with Gasteiger partial charge in [0.1, 0.15) is 0 Å². The second-order valence-electron chi connectivity index (χ2n) is 16.6. The summed E-state index contributed by atoms with van der Waals surface area (Å²) in [4.78, 5) is 2.62. The van der Waals surface area contributed by atoms with Crippen molar-refractivity contribution in [3.05, 3.63) is 185 Å². The summed E-state index contributed by atoms with van der Waals surface area (Å²) in [6, 6.07) is 56.9. The lowest BCUT2D eigenvalue weighted by atomic mass is 9.75. The highest BCUT2D eigenvalue weighted by Gasteiger charge is 2.47. The molecule has 7 aromatic carbocycles. The van der Waals surface area contributed by atoms with Crippen molar-refractivity contribution >= 4 is 17.1 Å². The van der Waals surface area contributed by atoms with Gasteiger partial charge < -0.3 is 4.90 Å². The highest BCUT2D eigenvalue weighted by atomic mass is 15.2. The Labute approximate surface area is 308 Å². The molecule has 1 heteroatoms. The third-order valence-electron chi connectivity index (χ3n) is 12.6. The first-order valence-corrected chi connectivity index (χ1v) is 18.7. The third-order valence-corrected chi connectivity index (χ3v) is 12.6. The van der Waals surface area contributed by atoms with Gasteiger partial charge in [0.05, 0.1) is 5.69 Å². The Balaban J connectivity index is 1.30. The molecule has 0 bridgehead atoms. The van der Waals surface area contributed by atoms with Crippen LogP contribution in [-0.2, 0) is 16.2 Å². The predicted octanol–water partition coefficient (Wildman–Crippen LogP) is 13.7. The number of hydrogen-bond acceptors (Lipinski definition) is 1. The van der Waals surface area contributed by atoms with Gasteiger partial charge in [0, 0.05) is 27.6 Å². The third kappa shape index (κ3) is 4.11. The van der Waals surface area contributed by atoms with Crippen LogP contribution in [0.15, 0.2) is 152 Å². The summed E-state index contributed by atoms with van der Waals surface area (Å²) in [5.74, 6) is 0. The fraction of sp³-hybridized carbons (Fsp3) is 0.176. The van der Waals surface area contributed by atoms with Gasteiger partial charge in [-0.2, -0.15) is 0 Å². The maximum absolute atomic E-state index is 2.62. The van der Waals surface area contributed by atoms with E-state index in [9.17, 15) is 0 Å². The summed E-state index contributed by atoms with van der Waals surface area (Å²) >= 11 is 0. The molecule has 0 saturated heterocycles. The molecule has 3 aliphatic carbocycles. The lowest BCUT2D eigenvalue weighted by Crippen LogP contribution is -2.26. The van der Waals surface area contributed by atoms with Gasteiger partial charge >= 0.3 is 0 Å². The Morgan fingerprint density at radius 1 is 0.327 bits per heavy atom. The van der Waals surface area contributed by atoms with E-state index in [1.807, 2.05) is 0 Å². The van der Waals surface area contributed by atoms with Gasteiger partial charge in [0.25, 0.3) is 0 Å². The van der Waals surface area contributed by atoms with E-state index < -0.39 is 0 Å². The topological polar surface area (TPSA) is 3.24 Å². The van der Waals surface area contributed by atoms with E-state index in [1.165, 1.54) is 95.0 Å². The van der Waals surface area contributed by atoms with Crippen molar-refractivity contribution in [3.63, 3.8) is 0 Å². The van der Waals surface area contributed by atoms with E-state index in [0.717, 1.165) is 0 Å². The molecule has 10 rings (SSSR count). The van der Waals surface area contributed by atoms with Crippen molar-refractivity contribution < 1.29 is 0 Å². The molecule has 0 aromatic heterocycles. The summed E-state index contributed by atoms with van der Waals surface area (Å²) < 4.78 is 0. The van der Waals surface area contributed by atoms with Crippen molar-refractivity contribution in [3.8, 4) is 44.5 Å². The highest BCUT2D eigenvalue weighted by molar-refractivity contribution is 6.00. The largest absolute Gasteiger partial charge is 0.310 e. The van der Waals surface area contributed by atoms with Crippen molar-refractivity contribution in [2.24, 2.45) is 0 Å². The molecule has 3 aliphatic rings. The zero-order valence-corrected chi connectivity index (χ0v) is 30.9. The minimum Gasteiger partial charge on any atom is -0.310 e. The second-order valence-corrected chi connectivity index (χ2v) is 16.6. The minimum absolute atomic E-state index is 0.115. The highest BCUT2D eigenvalue weighted by Crippen LogP contribution is 2.63. The van der Waals surface area contributed by atoms with Crippen molar-refractivity contribution in [1.29, 1.82) is 0 Å². The van der Waals surface area contributed by atoms with Gasteiger partial charge in [0.2, 0.25) is 0 Å². The molecule has 0 aliphatic heterocycles. The average molecular weight is 670 g/mol. The monoisotopic (exact) mass is 669 g/mol. The molecule has 52 heavy (non-hydrogen) atoms. The van der Waals surface area contributed by atoms with Crippen LogP contribution in [0.1, 0.15) is 74.9 Å².